The maximum atomic E-state index is 13.0. The third-order valence-electron chi connectivity index (χ3n) is 6.49. The first-order valence-corrected chi connectivity index (χ1v) is 11.3. The Hall–Kier alpha value is -2.90. The van der Waals surface area contributed by atoms with Crippen LogP contribution in [0.25, 0.3) is 0 Å². The molecule has 7 nitrogen and oxygen atoms in total. The molecule has 1 fully saturated rings. The van der Waals surface area contributed by atoms with E-state index in [0.29, 0.717) is 36.6 Å². The van der Waals surface area contributed by atoms with Crippen LogP contribution in [0.15, 0.2) is 42.5 Å². The lowest BCUT2D eigenvalue weighted by atomic mass is 9.73. The number of nitrogens with one attached hydrogen (secondary N) is 3. The minimum Gasteiger partial charge on any atom is -0.491 e. The van der Waals surface area contributed by atoms with Crippen LogP contribution in [-0.4, -0.2) is 57.8 Å². The standard InChI is InChI=1S/C25H31N3O4/c1-3-25(18-7-5-4-6-8-18)16-32-22-20(24(30)26-2)13-17(14-21(22)25)23(29)28-10-9-19-15-27-11-12-31-19/h4-8,13-14,19,27H,3,9-12,15-16H2,1-2H3,(H,26,30)(H,28,29)/t19-,25?/m1/s1. The van der Waals surface area contributed by atoms with Gasteiger partial charge in [-0.3, -0.25) is 9.59 Å². The highest BCUT2D eigenvalue weighted by Crippen LogP contribution is 2.47. The molecule has 0 saturated carbocycles. The SMILES string of the molecule is CCC1(c2ccccc2)COc2c(C(=O)NC)cc(C(=O)NCC[C@@H]3CNCCO3)cc21. The maximum Gasteiger partial charge on any atom is 0.254 e. The molecule has 3 N–H and O–H groups in total. The number of ether oxygens (including phenoxy) is 2. The van der Waals surface area contributed by atoms with Crippen LogP contribution in [-0.2, 0) is 10.2 Å². The molecule has 32 heavy (non-hydrogen) atoms. The summed E-state index contributed by atoms with van der Waals surface area (Å²) in [5.41, 5.74) is 2.45. The Morgan fingerprint density at radius 2 is 2.00 bits per heavy atom. The first-order valence-electron chi connectivity index (χ1n) is 11.3. The second-order valence-electron chi connectivity index (χ2n) is 8.31. The Labute approximate surface area is 188 Å². The van der Waals surface area contributed by atoms with E-state index in [2.05, 4.69) is 35.0 Å². The van der Waals surface area contributed by atoms with Crippen molar-refractivity contribution < 1.29 is 19.1 Å². The molecule has 0 aliphatic carbocycles. The Bertz CT molecular complexity index is 973. The van der Waals surface area contributed by atoms with Crippen LogP contribution < -0.4 is 20.7 Å². The predicted octanol–water partition coefficient (Wildman–Crippen LogP) is 2.24. The van der Waals surface area contributed by atoms with Gasteiger partial charge in [0, 0.05) is 37.8 Å². The lowest BCUT2D eigenvalue weighted by Crippen LogP contribution is -2.40. The van der Waals surface area contributed by atoms with Crippen molar-refractivity contribution in [1.82, 2.24) is 16.0 Å². The number of hydrogen-bond donors (Lipinski definition) is 3. The number of fused-ring (bicyclic) bond motifs is 1. The Morgan fingerprint density at radius 3 is 2.69 bits per heavy atom. The zero-order valence-corrected chi connectivity index (χ0v) is 18.7. The van der Waals surface area contributed by atoms with Gasteiger partial charge in [-0.15, -0.1) is 0 Å². The average Bonchev–Trinajstić information content (AvgIpc) is 3.24. The molecular formula is C25H31N3O4. The second-order valence-corrected chi connectivity index (χ2v) is 8.31. The number of carbonyl (C=O) groups is 2. The van der Waals surface area contributed by atoms with Crippen LogP contribution in [0.2, 0.25) is 0 Å². The van der Waals surface area contributed by atoms with Gasteiger partial charge in [0.15, 0.2) is 0 Å². The second kappa shape index (κ2) is 9.71. The summed E-state index contributed by atoms with van der Waals surface area (Å²) in [6.07, 6.45) is 1.62. The Balaban J connectivity index is 1.64. The van der Waals surface area contributed by atoms with E-state index in [1.807, 2.05) is 24.3 Å². The fraction of sp³-hybridized carbons (Fsp3) is 0.440. The normalized spacial score (nSPS) is 22.0. The molecule has 4 rings (SSSR count). The van der Waals surface area contributed by atoms with Crippen molar-refractivity contribution in [3.63, 3.8) is 0 Å². The van der Waals surface area contributed by atoms with E-state index in [1.54, 1.807) is 13.1 Å². The highest BCUT2D eigenvalue weighted by molar-refractivity contribution is 6.02. The third kappa shape index (κ3) is 4.23. The first-order chi connectivity index (χ1) is 15.6. The summed E-state index contributed by atoms with van der Waals surface area (Å²) in [5, 5.41) is 8.96. The van der Waals surface area contributed by atoms with Crippen LogP contribution in [0.4, 0.5) is 0 Å². The van der Waals surface area contributed by atoms with Gasteiger partial charge in [-0.1, -0.05) is 37.3 Å². The molecule has 2 aromatic carbocycles. The molecule has 0 aromatic heterocycles. The summed E-state index contributed by atoms with van der Waals surface area (Å²) in [7, 11) is 1.58. The van der Waals surface area contributed by atoms with Crippen molar-refractivity contribution in [3.8, 4) is 5.75 Å². The van der Waals surface area contributed by atoms with Crippen molar-refractivity contribution in [2.75, 3.05) is 39.9 Å². The number of carbonyl (C=O) groups excluding carboxylic acids is 2. The van der Waals surface area contributed by atoms with Crippen LogP contribution >= 0.6 is 0 Å². The smallest absolute Gasteiger partial charge is 0.254 e. The first kappa shape index (κ1) is 22.3. The fourth-order valence-electron chi connectivity index (χ4n) is 4.59. The molecule has 0 spiro atoms. The monoisotopic (exact) mass is 437 g/mol. The number of amides is 2. The topological polar surface area (TPSA) is 88.7 Å². The summed E-state index contributed by atoms with van der Waals surface area (Å²) in [5.74, 6) is 0.0949. The molecule has 1 saturated heterocycles. The van der Waals surface area contributed by atoms with E-state index in [0.717, 1.165) is 37.1 Å². The Kier molecular flexibility index (Phi) is 6.77. The highest BCUT2D eigenvalue weighted by atomic mass is 16.5. The van der Waals surface area contributed by atoms with Crippen LogP contribution in [0.3, 0.4) is 0 Å². The van der Waals surface area contributed by atoms with E-state index in [-0.39, 0.29) is 17.9 Å². The van der Waals surface area contributed by atoms with Gasteiger partial charge in [0.2, 0.25) is 0 Å². The van der Waals surface area contributed by atoms with Gasteiger partial charge in [0.1, 0.15) is 12.4 Å². The highest BCUT2D eigenvalue weighted by Gasteiger charge is 2.43. The van der Waals surface area contributed by atoms with Crippen molar-refractivity contribution in [2.24, 2.45) is 0 Å². The molecule has 0 radical (unpaired) electrons. The summed E-state index contributed by atoms with van der Waals surface area (Å²) < 4.78 is 11.8. The number of rotatable bonds is 7. The van der Waals surface area contributed by atoms with Gasteiger partial charge in [-0.05, 0) is 30.5 Å². The largest absolute Gasteiger partial charge is 0.491 e. The molecule has 2 atom stereocenters. The third-order valence-corrected chi connectivity index (χ3v) is 6.49. The zero-order valence-electron chi connectivity index (χ0n) is 18.7. The van der Waals surface area contributed by atoms with Crippen molar-refractivity contribution >= 4 is 11.8 Å². The fourth-order valence-corrected chi connectivity index (χ4v) is 4.59. The Morgan fingerprint density at radius 1 is 1.19 bits per heavy atom. The van der Waals surface area contributed by atoms with Crippen LogP contribution in [0, 0.1) is 0 Å². The summed E-state index contributed by atoms with van der Waals surface area (Å²) >= 11 is 0. The quantitative estimate of drug-likeness (QED) is 0.618. The molecule has 2 amide bonds. The molecule has 2 heterocycles. The van der Waals surface area contributed by atoms with Crippen molar-refractivity contribution in [2.45, 2.75) is 31.3 Å². The number of benzene rings is 2. The van der Waals surface area contributed by atoms with E-state index >= 15 is 0 Å². The van der Waals surface area contributed by atoms with Gasteiger partial charge >= 0.3 is 0 Å². The molecule has 2 aliphatic rings. The maximum absolute atomic E-state index is 13.0. The van der Waals surface area contributed by atoms with E-state index in [4.69, 9.17) is 9.47 Å². The summed E-state index contributed by atoms with van der Waals surface area (Å²) in [6, 6.07) is 13.7. The van der Waals surface area contributed by atoms with Gasteiger partial charge in [-0.2, -0.15) is 0 Å². The molecule has 170 valence electrons. The van der Waals surface area contributed by atoms with Crippen LogP contribution in [0.5, 0.6) is 5.75 Å². The average molecular weight is 438 g/mol. The lowest BCUT2D eigenvalue weighted by Gasteiger charge is -2.27. The van der Waals surface area contributed by atoms with E-state index in [9.17, 15) is 9.59 Å². The van der Waals surface area contributed by atoms with E-state index < -0.39 is 5.41 Å². The van der Waals surface area contributed by atoms with Gasteiger partial charge in [-0.25, -0.2) is 0 Å². The summed E-state index contributed by atoms with van der Waals surface area (Å²) in [4.78, 5) is 25.7. The number of morpholine rings is 1. The van der Waals surface area contributed by atoms with Gasteiger partial charge in [0.25, 0.3) is 11.8 Å². The van der Waals surface area contributed by atoms with E-state index in [1.165, 1.54) is 0 Å². The van der Waals surface area contributed by atoms with Gasteiger partial charge < -0.3 is 25.4 Å². The van der Waals surface area contributed by atoms with Gasteiger partial charge in [0.05, 0.1) is 23.7 Å². The molecule has 1 unspecified atom stereocenters. The minimum atomic E-state index is -0.405. The molecular weight excluding hydrogens is 406 g/mol. The summed E-state index contributed by atoms with van der Waals surface area (Å²) in [6.45, 7) is 5.40. The van der Waals surface area contributed by atoms with Crippen LogP contribution in [0.1, 0.15) is 51.6 Å². The molecule has 0 bridgehead atoms. The minimum absolute atomic E-state index is 0.102. The van der Waals surface area contributed by atoms with Crippen molar-refractivity contribution in [1.29, 1.82) is 0 Å². The lowest BCUT2D eigenvalue weighted by molar-refractivity contribution is 0.0239. The molecule has 7 heteroatoms. The zero-order chi connectivity index (χ0) is 22.6. The van der Waals surface area contributed by atoms with Crippen molar-refractivity contribution in [3.05, 3.63) is 64.7 Å². The number of hydrogen-bond acceptors (Lipinski definition) is 5. The molecule has 2 aliphatic heterocycles. The predicted molar refractivity (Wildman–Crippen MR) is 122 cm³/mol. The molecule has 2 aromatic rings.